The number of aliphatic hydroxyl groups excluding tert-OH is 1. The van der Waals surface area contributed by atoms with Gasteiger partial charge in [0.1, 0.15) is 12.0 Å². The standard InChI is InChI=1S/C22H20F4N6O5/c1-4-31-15(10-33)30-32(21(31)34)18-17(23)12-9-27-29-20(37-14-8-6-5-7-13(14)35-3)16(12)19(28-18)36-11(2)22(24,25)26/h5-9,11,33H,4,10H2,1-3H3. The number of pyridine rings is 1. The van der Waals surface area contributed by atoms with E-state index in [-0.39, 0.29) is 29.3 Å². The molecule has 3 aromatic heterocycles. The van der Waals surface area contributed by atoms with Gasteiger partial charge < -0.3 is 19.3 Å². The highest BCUT2D eigenvalue weighted by Gasteiger charge is 2.39. The molecule has 0 aliphatic carbocycles. The van der Waals surface area contributed by atoms with E-state index in [9.17, 15) is 23.1 Å². The normalized spacial score (nSPS) is 12.5. The molecule has 1 unspecified atom stereocenters. The molecule has 11 nitrogen and oxygen atoms in total. The van der Waals surface area contributed by atoms with Crippen molar-refractivity contribution in [3.8, 4) is 29.1 Å². The molecule has 4 aromatic rings. The van der Waals surface area contributed by atoms with Crippen LogP contribution in [0.25, 0.3) is 16.6 Å². The Hall–Kier alpha value is -4.27. The highest BCUT2D eigenvalue weighted by molar-refractivity contribution is 5.92. The fourth-order valence-corrected chi connectivity index (χ4v) is 3.41. The second-order valence-electron chi connectivity index (χ2n) is 7.56. The van der Waals surface area contributed by atoms with Crippen LogP contribution >= 0.6 is 0 Å². The summed E-state index contributed by atoms with van der Waals surface area (Å²) < 4.78 is 73.5. The van der Waals surface area contributed by atoms with E-state index in [0.717, 1.165) is 17.7 Å². The number of fused-ring (bicyclic) bond motifs is 1. The van der Waals surface area contributed by atoms with Crippen molar-refractivity contribution in [3.05, 3.63) is 52.6 Å². The van der Waals surface area contributed by atoms with Gasteiger partial charge in [0, 0.05) is 6.54 Å². The predicted molar refractivity (Wildman–Crippen MR) is 119 cm³/mol. The van der Waals surface area contributed by atoms with E-state index in [1.165, 1.54) is 13.2 Å². The fourth-order valence-electron chi connectivity index (χ4n) is 3.41. The van der Waals surface area contributed by atoms with Crippen molar-refractivity contribution < 1.29 is 36.9 Å². The zero-order valence-electron chi connectivity index (χ0n) is 19.7. The fraction of sp³-hybridized carbons (Fsp3) is 0.318. The van der Waals surface area contributed by atoms with Gasteiger partial charge in [-0.2, -0.15) is 27.9 Å². The van der Waals surface area contributed by atoms with Crippen LogP contribution in [0.5, 0.6) is 23.3 Å². The predicted octanol–water partition coefficient (Wildman–Crippen LogP) is 3.15. The molecule has 0 radical (unpaired) electrons. The molecule has 3 heterocycles. The molecule has 196 valence electrons. The van der Waals surface area contributed by atoms with Crippen LogP contribution in [-0.2, 0) is 13.2 Å². The van der Waals surface area contributed by atoms with Crippen LogP contribution in [0.1, 0.15) is 19.7 Å². The lowest BCUT2D eigenvalue weighted by Crippen LogP contribution is -2.32. The molecule has 1 atom stereocenters. The van der Waals surface area contributed by atoms with E-state index in [0.29, 0.717) is 4.68 Å². The van der Waals surface area contributed by atoms with Gasteiger partial charge in [-0.25, -0.2) is 9.18 Å². The van der Waals surface area contributed by atoms with Gasteiger partial charge in [0.15, 0.2) is 35.1 Å². The van der Waals surface area contributed by atoms with Crippen molar-refractivity contribution in [3.63, 3.8) is 0 Å². The lowest BCUT2D eigenvalue weighted by Gasteiger charge is -2.19. The summed E-state index contributed by atoms with van der Waals surface area (Å²) >= 11 is 0. The van der Waals surface area contributed by atoms with E-state index in [1.807, 2.05) is 0 Å². The monoisotopic (exact) mass is 524 g/mol. The number of aromatic nitrogens is 6. The maximum atomic E-state index is 15.7. The maximum absolute atomic E-state index is 15.7. The third-order valence-corrected chi connectivity index (χ3v) is 5.30. The molecule has 1 N–H and O–H groups in total. The topological polar surface area (TPSA) is 126 Å². The Balaban J connectivity index is 1.99. The smallest absolute Gasteiger partial charge is 0.425 e. The Morgan fingerprint density at radius 2 is 1.86 bits per heavy atom. The van der Waals surface area contributed by atoms with Crippen molar-refractivity contribution >= 4 is 10.8 Å². The van der Waals surface area contributed by atoms with E-state index in [2.05, 4.69) is 20.3 Å². The second-order valence-corrected chi connectivity index (χ2v) is 7.56. The first kappa shape index (κ1) is 25.8. The molecule has 4 rings (SSSR count). The lowest BCUT2D eigenvalue weighted by atomic mass is 10.2. The Morgan fingerprint density at radius 1 is 1.16 bits per heavy atom. The SMILES string of the molecule is CCn1c(CO)nn(-c2nc(OC(C)C(F)(F)F)c3c(Oc4ccccc4OC)nncc3c2F)c1=O. The number of para-hydroxylation sites is 2. The molecule has 37 heavy (non-hydrogen) atoms. The molecular weight excluding hydrogens is 504 g/mol. The van der Waals surface area contributed by atoms with E-state index < -0.39 is 53.4 Å². The third kappa shape index (κ3) is 4.76. The molecule has 15 heteroatoms. The molecule has 0 aliphatic rings. The van der Waals surface area contributed by atoms with Crippen molar-refractivity contribution in [1.82, 2.24) is 29.5 Å². The molecule has 0 fully saturated rings. The number of aliphatic hydroxyl groups is 1. The number of benzene rings is 1. The molecule has 0 aliphatic heterocycles. The number of hydrogen-bond donors (Lipinski definition) is 1. The van der Waals surface area contributed by atoms with Gasteiger partial charge in [-0.3, -0.25) is 4.57 Å². The summed E-state index contributed by atoms with van der Waals surface area (Å²) in [6, 6.07) is 6.31. The zero-order valence-corrected chi connectivity index (χ0v) is 19.7. The number of halogens is 4. The molecule has 0 spiro atoms. The number of ether oxygens (including phenoxy) is 3. The van der Waals surface area contributed by atoms with Crippen molar-refractivity contribution in [1.29, 1.82) is 0 Å². The van der Waals surface area contributed by atoms with Gasteiger partial charge in [-0.15, -0.1) is 10.2 Å². The zero-order chi connectivity index (χ0) is 26.9. The molecule has 0 amide bonds. The average molecular weight is 524 g/mol. The Bertz CT molecular complexity index is 1500. The summed E-state index contributed by atoms with van der Waals surface area (Å²) in [5.74, 6) is -2.82. The summed E-state index contributed by atoms with van der Waals surface area (Å²) in [5, 5.41) is 20.1. The summed E-state index contributed by atoms with van der Waals surface area (Å²) in [6.07, 6.45) is -6.27. The Morgan fingerprint density at radius 3 is 2.46 bits per heavy atom. The Labute approximate surface area is 205 Å². The van der Waals surface area contributed by atoms with Crippen LogP contribution in [0.2, 0.25) is 0 Å². The first-order chi connectivity index (χ1) is 17.6. The van der Waals surface area contributed by atoms with Gasteiger partial charge in [0.05, 0.1) is 18.7 Å². The van der Waals surface area contributed by atoms with Gasteiger partial charge in [-0.05, 0) is 26.0 Å². The number of nitrogens with zero attached hydrogens (tertiary/aromatic N) is 6. The molecule has 0 saturated heterocycles. The third-order valence-electron chi connectivity index (χ3n) is 5.30. The number of hydrogen-bond acceptors (Lipinski definition) is 9. The molecular formula is C22H20F4N6O5. The van der Waals surface area contributed by atoms with Gasteiger partial charge in [0.2, 0.25) is 5.88 Å². The van der Waals surface area contributed by atoms with Gasteiger partial charge in [-0.1, -0.05) is 12.1 Å². The quantitative estimate of drug-likeness (QED) is 0.346. The van der Waals surface area contributed by atoms with E-state index in [4.69, 9.17) is 14.2 Å². The summed E-state index contributed by atoms with van der Waals surface area (Å²) in [6.45, 7) is 1.75. The van der Waals surface area contributed by atoms with Crippen LogP contribution in [0.15, 0.2) is 35.3 Å². The number of methoxy groups -OCH3 is 1. The van der Waals surface area contributed by atoms with Crippen LogP contribution in [0, 0.1) is 5.82 Å². The maximum Gasteiger partial charge on any atom is 0.425 e. The first-order valence-electron chi connectivity index (χ1n) is 10.8. The molecule has 0 saturated carbocycles. The van der Waals surface area contributed by atoms with Crippen molar-refractivity contribution in [2.75, 3.05) is 7.11 Å². The summed E-state index contributed by atoms with van der Waals surface area (Å²) in [4.78, 5) is 16.7. The largest absolute Gasteiger partial charge is 0.493 e. The lowest BCUT2D eigenvalue weighted by molar-refractivity contribution is -0.189. The second kappa shape index (κ2) is 10.0. The van der Waals surface area contributed by atoms with Gasteiger partial charge >= 0.3 is 11.9 Å². The summed E-state index contributed by atoms with van der Waals surface area (Å²) in [5.41, 5.74) is -0.875. The first-order valence-corrected chi connectivity index (χ1v) is 10.8. The average Bonchev–Trinajstić information content (AvgIpc) is 3.20. The van der Waals surface area contributed by atoms with Crippen molar-refractivity contribution in [2.24, 2.45) is 0 Å². The highest BCUT2D eigenvalue weighted by atomic mass is 19.4. The molecule has 1 aromatic carbocycles. The minimum Gasteiger partial charge on any atom is -0.493 e. The highest BCUT2D eigenvalue weighted by Crippen LogP contribution is 2.39. The minimum atomic E-state index is -4.81. The number of alkyl halides is 3. The summed E-state index contributed by atoms with van der Waals surface area (Å²) in [7, 11) is 1.37. The van der Waals surface area contributed by atoms with E-state index in [1.54, 1.807) is 25.1 Å². The van der Waals surface area contributed by atoms with Crippen LogP contribution in [-0.4, -0.2) is 54.0 Å². The van der Waals surface area contributed by atoms with Crippen LogP contribution in [0.4, 0.5) is 17.6 Å². The Kier molecular flexibility index (Phi) is 6.98. The van der Waals surface area contributed by atoms with Crippen LogP contribution < -0.4 is 19.9 Å². The van der Waals surface area contributed by atoms with Crippen LogP contribution in [0.3, 0.4) is 0 Å². The van der Waals surface area contributed by atoms with Crippen molar-refractivity contribution in [2.45, 2.75) is 39.3 Å². The minimum absolute atomic E-state index is 0.0841. The van der Waals surface area contributed by atoms with E-state index >= 15 is 4.39 Å². The number of rotatable bonds is 8. The van der Waals surface area contributed by atoms with Gasteiger partial charge in [0.25, 0.3) is 5.88 Å². The molecule has 0 bridgehead atoms.